The Bertz CT molecular complexity index is 940. The third-order valence-corrected chi connectivity index (χ3v) is 4.97. The van der Waals surface area contributed by atoms with Crippen LogP contribution in [0.1, 0.15) is 0 Å². The Morgan fingerprint density at radius 1 is 1.00 bits per heavy atom. The van der Waals surface area contributed by atoms with Crippen LogP contribution in [0.3, 0.4) is 0 Å². The molecular formula is C18H18Cl2N6. The van der Waals surface area contributed by atoms with Gasteiger partial charge >= 0.3 is 0 Å². The number of piperazine rings is 1. The van der Waals surface area contributed by atoms with Crippen molar-refractivity contribution in [3.63, 3.8) is 0 Å². The summed E-state index contributed by atoms with van der Waals surface area (Å²) in [6, 6.07) is 9.54. The number of pyridine rings is 1. The lowest BCUT2D eigenvalue weighted by Gasteiger charge is -2.32. The van der Waals surface area contributed by atoms with Crippen LogP contribution in [0.15, 0.2) is 36.5 Å². The fourth-order valence-corrected chi connectivity index (χ4v) is 3.40. The van der Waals surface area contributed by atoms with Gasteiger partial charge in [0.25, 0.3) is 0 Å². The lowest BCUT2D eigenvalue weighted by atomic mass is 10.1. The van der Waals surface area contributed by atoms with Crippen molar-refractivity contribution in [2.75, 3.05) is 38.7 Å². The average molecular weight is 389 g/mol. The zero-order valence-corrected chi connectivity index (χ0v) is 15.8. The van der Waals surface area contributed by atoms with E-state index >= 15 is 0 Å². The van der Waals surface area contributed by atoms with E-state index in [0.29, 0.717) is 16.3 Å². The maximum absolute atomic E-state index is 6.21. The minimum absolute atomic E-state index is 0.377. The van der Waals surface area contributed by atoms with Crippen LogP contribution in [0.5, 0.6) is 0 Å². The van der Waals surface area contributed by atoms with Gasteiger partial charge in [-0.05, 0) is 36.9 Å². The first kappa shape index (κ1) is 17.4. The van der Waals surface area contributed by atoms with E-state index in [9.17, 15) is 0 Å². The Hall–Kier alpha value is -1.99. The third kappa shape index (κ3) is 3.73. The number of fused-ring (bicyclic) bond motifs is 1. The van der Waals surface area contributed by atoms with Crippen LogP contribution < -0.4 is 5.43 Å². The monoisotopic (exact) mass is 388 g/mol. The fraction of sp³-hybridized carbons (Fsp3) is 0.278. The van der Waals surface area contributed by atoms with Gasteiger partial charge in [-0.2, -0.15) is 0 Å². The van der Waals surface area contributed by atoms with Crippen LogP contribution in [0.2, 0.25) is 10.3 Å². The molecule has 26 heavy (non-hydrogen) atoms. The van der Waals surface area contributed by atoms with Crippen LogP contribution in [-0.4, -0.2) is 58.1 Å². The number of hydrogen-bond donors (Lipinski definition) is 1. The number of benzene rings is 1. The summed E-state index contributed by atoms with van der Waals surface area (Å²) in [4.78, 5) is 15.5. The molecule has 0 amide bonds. The molecule has 1 aromatic carbocycles. The van der Waals surface area contributed by atoms with E-state index in [-0.39, 0.29) is 0 Å². The number of halogens is 2. The molecule has 0 unspecified atom stereocenters. The zero-order chi connectivity index (χ0) is 18.1. The summed E-state index contributed by atoms with van der Waals surface area (Å²) in [5.74, 6) is 0.612. The zero-order valence-electron chi connectivity index (χ0n) is 14.3. The number of rotatable bonds is 3. The Morgan fingerprint density at radius 3 is 2.58 bits per heavy atom. The van der Waals surface area contributed by atoms with Gasteiger partial charge in [-0.1, -0.05) is 29.3 Å². The molecule has 0 bridgehead atoms. The minimum Gasteiger partial charge on any atom is -0.304 e. The molecule has 4 rings (SSSR count). The molecule has 6 nitrogen and oxygen atoms in total. The number of hydrogen-bond acceptors (Lipinski definition) is 6. The van der Waals surface area contributed by atoms with E-state index in [2.05, 4.69) is 37.3 Å². The molecular weight excluding hydrogens is 371 g/mol. The molecule has 1 N–H and O–H groups in total. The molecule has 0 atom stereocenters. The van der Waals surface area contributed by atoms with Crippen molar-refractivity contribution in [1.82, 2.24) is 24.9 Å². The summed E-state index contributed by atoms with van der Waals surface area (Å²) in [6.07, 6.45) is 1.82. The van der Waals surface area contributed by atoms with E-state index in [1.807, 2.05) is 30.5 Å². The van der Waals surface area contributed by atoms with E-state index in [4.69, 9.17) is 23.2 Å². The second-order valence-electron chi connectivity index (χ2n) is 6.34. The maximum atomic E-state index is 6.21. The Labute approximate surface area is 161 Å². The van der Waals surface area contributed by atoms with Crippen molar-refractivity contribution in [2.24, 2.45) is 0 Å². The topological polar surface area (TPSA) is 57.2 Å². The number of hydrazine groups is 1. The highest BCUT2D eigenvalue weighted by molar-refractivity contribution is 6.34. The second-order valence-corrected chi connectivity index (χ2v) is 7.09. The lowest BCUT2D eigenvalue weighted by Crippen LogP contribution is -2.47. The predicted molar refractivity (Wildman–Crippen MR) is 105 cm³/mol. The van der Waals surface area contributed by atoms with Crippen molar-refractivity contribution >= 4 is 40.1 Å². The van der Waals surface area contributed by atoms with Crippen LogP contribution in [0, 0.1) is 0 Å². The summed E-state index contributed by atoms with van der Waals surface area (Å²) in [5.41, 5.74) is 5.95. The molecule has 2 aromatic heterocycles. The highest BCUT2D eigenvalue weighted by Gasteiger charge is 2.14. The molecule has 0 aliphatic carbocycles. The van der Waals surface area contributed by atoms with Gasteiger partial charge in [0, 0.05) is 43.3 Å². The number of likely N-dealkylation sites (N-methyl/N-ethyl adjacent to an activating group) is 1. The fourth-order valence-electron chi connectivity index (χ4n) is 2.94. The Morgan fingerprint density at radius 2 is 1.81 bits per heavy atom. The molecule has 0 radical (unpaired) electrons. The molecule has 8 heteroatoms. The maximum Gasteiger partial charge on any atom is 0.238 e. The van der Waals surface area contributed by atoms with Gasteiger partial charge in [0.2, 0.25) is 5.95 Å². The summed E-state index contributed by atoms with van der Waals surface area (Å²) >= 11 is 12.1. The summed E-state index contributed by atoms with van der Waals surface area (Å²) in [6.45, 7) is 3.94. The van der Waals surface area contributed by atoms with Gasteiger partial charge in [-0.25, -0.2) is 20.0 Å². The summed E-state index contributed by atoms with van der Waals surface area (Å²) in [5, 5.41) is 3.85. The molecule has 1 aliphatic rings. The molecule has 3 heterocycles. The molecule has 134 valence electrons. The van der Waals surface area contributed by atoms with Gasteiger partial charge in [0.05, 0.1) is 5.52 Å². The van der Waals surface area contributed by atoms with Gasteiger partial charge < -0.3 is 4.90 Å². The molecule has 1 fully saturated rings. The van der Waals surface area contributed by atoms with Crippen LogP contribution in [0.4, 0.5) is 5.95 Å². The number of aromatic nitrogens is 3. The van der Waals surface area contributed by atoms with Crippen LogP contribution >= 0.6 is 23.2 Å². The number of nitrogens with zero attached hydrogens (tertiary/aromatic N) is 5. The Kier molecular flexibility index (Phi) is 4.91. The number of nitrogens with one attached hydrogen (secondary N) is 1. The molecule has 0 saturated carbocycles. The third-order valence-electron chi connectivity index (χ3n) is 4.47. The molecule has 1 saturated heterocycles. The minimum atomic E-state index is 0.377. The van der Waals surface area contributed by atoms with Crippen molar-refractivity contribution in [3.05, 3.63) is 46.8 Å². The average Bonchev–Trinajstić information content (AvgIpc) is 2.63. The first-order valence-corrected chi connectivity index (χ1v) is 9.13. The lowest BCUT2D eigenvalue weighted by molar-refractivity contribution is 0.178. The molecule has 3 aromatic rings. The van der Waals surface area contributed by atoms with Gasteiger partial charge in [-0.3, -0.25) is 5.43 Å². The van der Waals surface area contributed by atoms with Crippen molar-refractivity contribution in [1.29, 1.82) is 0 Å². The van der Waals surface area contributed by atoms with E-state index in [1.165, 1.54) is 0 Å². The largest absolute Gasteiger partial charge is 0.304 e. The van der Waals surface area contributed by atoms with Gasteiger partial charge in [-0.15, -0.1) is 0 Å². The van der Waals surface area contributed by atoms with Gasteiger partial charge in [0.1, 0.15) is 10.3 Å². The Balaban J connectivity index is 1.58. The summed E-state index contributed by atoms with van der Waals surface area (Å²) < 4.78 is 0. The van der Waals surface area contributed by atoms with E-state index < -0.39 is 0 Å². The van der Waals surface area contributed by atoms with Crippen LogP contribution in [-0.2, 0) is 0 Å². The first-order valence-electron chi connectivity index (χ1n) is 8.38. The van der Waals surface area contributed by atoms with Crippen LogP contribution in [0.25, 0.3) is 22.0 Å². The molecule has 1 aliphatic heterocycles. The number of anilines is 1. The highest BCUT2D eigenvalue weighted by atomic mass is 35.5. The van der Waals surface area contributed by atoms with Crippen molar-refractivity contribution in [2.45, 2.75) is 0 Å². The summed E-state index contributed by atoms with van der Waals surface area (Å²) in [7, 11) is 2.13. The molecule has 0 spiro atoms. The van der Waals surface area contributed by atoms with E-state index in [0.717, 1.165) is 48.2 Å². The highest BCUT2D eigenvalue weighted by Crippen LogP contribution is 2.29. The van der Waals surface area contributed by atoms with Crippen molar-refractivity contribution in [3.8, 4) is 11.1 Å². The second kappa shape index (κ2) is 7.32. The predicted octanol–water partition coefficient (Wildman–Crippen LogP) is 3.57. The SMILES string of the molecule is CN1CCN(Nc2ncc3cc(-c4ccc(Cl)nc4Cl)ccc3n2)CC1. The van der Waals surface area contributed by atoms with E-state index in [1.54, 1.807) is 6.07 Å². The first-order chi connectivity index (χ1) is 12.6. The van der Waals surface area contributed by atoms with Gasteiger partial charge in [0.15, 0.2) is 0 Å². The quantitative estimate of drug-likeness (QED) is 0.692. The standard InChI is InChI=1S/C18H18Cl2N6/c1-25-6-8-26(9-7-25)24-18-21-11-13-10-12(2-4-15(13)22-18)14-3-5-16(19)23-17(14)20/h2-5,10-11H,6-9H2,1H3,(H,21,22,24). The normalized spacial score (nSPS) is 16.1. The smallest absolute Gasteiger partial charge is 0.238 e. The van der Waals surface area contributed by atoms with Crippen molar-refractivity contribution < 1.29 is 0 Å².